The van der Waals surface area contributed by atoms with E-state index in [4.69, 9.17) is 13.7 Å². The number of carbonyl (C=O) groups is 1. The molecule has 0 radical (unpaired) electrons. The summed E-state index contributed by atoms with van der Waals surface area (Å²) in [5, 5.41) is 9.68. The summed E-state index contributed by atoms with van der Waals surface area (Å²) < 4.78 is 18.9. The Balaban J connectivity index is 4.34. The zero-order valence-corrected chi connectivity index (χ0v) is 39.0. The zero-order chi connectivity index (χ0) is 40.5. The van der Waals surface area contributed by atoms with Crippen molar-refractivity contribution in [2.24, 2.45) is 5.92 Å². The van der Waals surface area contributed by atoms with E-state index in [2.05, 4.69) is 45.1 Å². The van der Waals surface area contributed by atoms with Crippen LogP contribution in [0.1, 0.15) is 233 Å². The number of rotatable bonds is 45. The Labute approximate surface area is 346 Å². The molecular weight excluding hydrogens is 703 g/mol. The van der Waals surface area contributed by atoms with Gasteiger partial charge in [-0.05, 0) is 89.1 Å². The molecule has 332 valence electrons. The predicted octanol–water partition coefficient (Wildman–Crippen LogP) is 14.3. The van der Waals surface area contributed by atoms with Crippen LogP contribution in [-0.2, 0) is 18.5 Å². The van der Waals surface area contributed by atoms with E-state index in [-0.39, 0.29) is 24.8 Å². The molecule has 55 heavy (non-hydrogen) atoms. The number of aliphatic hydroxyl groups excluding tert-OH is 1. The molecule has 2 unspecified atom stereocenters. The Hall–Kier alpha value is -0.340. The highest BCUT2D eigenvalue weighted by Crippen LogP contribution is 2.44. The Morgan fingerprint density at radius 3 is 1.45 bits per heavy atom. The van der Waals surface area contributed by atoms with E-state index in [9.17, 15) is 9.90 Å². The Morgan fingerprint density at radius 1 is 0.509 bits per heavy atom. The van der Waals surface area contributed by atoms with Crippen molar-refractivity contribution in [1.29, 1.82) is 0 Å². The topological polar surface area (TPSA) is 68.2 Å². The van der Waals surface area contributed by atoms with Crippen LogP contribution in [0, 0.1) is 5.92 Å². The smallest absolute Gasteiger partial charge is 0.308 e. The molecule has 7 heteroatoms. The van der Waals surface area contributed by atoms with Crippen molar-refractivity contribution in [2.75, 3.05) is 57.7 Å². The van der Waals surface area contributed by atoms with Crippen molar-refractivity contribution in [3.8, 4) is 0 Å². The molecule has 0 amide bonds. The van der Waals surface area contributed by atoms with E-state index in [0.29, 0.717) is 6.61 Å². The predicted molar refractivity (Wildman–Crippen MR) is 244 cm³/mol. The Kier molecular flexibility index (Phi) is 41.5. The summed E-state index contributed by atoms with van der Waals surface area (Å²) in [7, 11) is -1.14. The molecule has 0 fully saturated rings. The van der Waals surface area contributed by atoms with E-state index in [1.807, 2.05) is 0 Å². The van der Waals surface area contributed by atoms with Gasteiger partial charge in [-0.2, -0.15) is 0 Å². The molecule has 0 rings (SSSR count). The van der Waals surface area contributed by atoms with Gasteiger partial charge in [0.1, 0.15) is 0 Å². The Bertz CT molecular complexity index is 783. The molecule has 2 atom stereocenters. The summed E-state index contributed by atoms with van der Waals surface area (Å²) in [6.45, 7) is 13.6. The largest absolute Gasteiger partial charge is 0.465 e. The molecular formula is C48H99NO5S. The molecule has 0 aromatic carbocycles. The molecule has 0 aliphatic rings. The number of hydrogen-bond donors (Lipinski definition) is 1. The van der Waals surface area contributed by atoms with Crippen molar-refractivity contribution in [2.45, 2.75) is 239 Å². The van der Waals surface area contributed by atoms with Crippen molar-refractivity contribution >= 4 is 16.3 Å². The molecule has 0 spiro atoms. The van der Waals surface area contributed by atoms with E-state index in [1.54, 1.807) is 0 Å². The molecule has 0 saturated carbocycles. The molecule has 0 heterocycles. The second-order valence-corrected chi connectivity index (χ2v) is 20.6. The molecule has 0 aromatic rings. The first-order valence-corrected chi connectivity index (χ1v) is 26.9. The molecule has 0 aliphatic carbocycles. The van der Waals surface area contributed by atoms with Crippen LogP contribution in [0.4, 0.5) is 0 Å². The van der Waals surface area contributed by atoms with Gasteiger partial charge < -0.3 is 23.7 Å². The maximum absolute atomic E-state index is 13.0. The number of unbranched alkanes of at least 4 members (excludes halogenated alkanes) is 23. The van der Waals surface area contributed by atoms with Gasteiger partial charge in [-0.3, -0.25) is 4.79 Å². The van der Waals surface area contributed by atoms with Crippen LogP contribution in [0.25, 0.3) is 0 Å². The fourth-order valence-electron chi connectivity index (χ4n) is 7.58. The lowest BCUT2D eigenvalue weighted by Gasteiger charge is -2.35. The molecule has 1 N–H and O–H groups in total. The lowest BCUT2D eigenvalue weighted by molar-refractivity contribution is -0.149. The van der Waals surface area contributed by atoms with E-state index in [1.165, 1.54) is 141 Å². The third-order valence-electron chi connectivity index (χ3n) is 11.2. The summed E-state index contributed by atoms with van der Waals surface area (Å²) in [4.78, 5) is 15.4. The second kappa shape index (κ2) is 41.8. The van der Waals surface area contributed by atoms with Crippen LogP contribution in [0.5, 0.6) is 0 Å². The maximum atomic E-state index is 13.0. The van der Waals surface area contributed by atoms with Crippen molar-refractivity contribution in [1.82, 2.24) is 4.90 Å². The van der Waals surface area contributed by atoms with Gasteiger partial charge in [0.05, 0.1) is 19.1 Å². The first kappa shape index (κ1) is 54.7. The minimum absolute atomic E-state index is 0.0403. The van der Waals surface area contributed by atoms with Gasteiger partial charge >= 0.3 is 5.97 Å². The highest BCUT2D eigenvalue weighted by molar-refractivity contribution is 8.28. The number of ether oxygens (including phenoxy) is 2. The van der Waals surface area contributed by atoms with Gasteiger partial charge in [0.2, 0.25) is 0 Å². The van der Waals surface area contributed by atoms with Crippen LogP contribution in [-0.4, -0.2) is 80.0 Å². The van der Waals surface area contributed by atoms with E-state index >= 15 is 0 Å². The summed E-state index contributed by atoms with van der Waals surface area (Å²) in [6.07, 6.45) is 43.6. The average Bonchev–Trinajstić information content (AvgIpc) is 3.17. The quantitative estimate of drug-likeness (QED) is 0.0376. The van der Waals surface area contributed by atoms with Crippen LogP contribution in [0.2, 0.25) is 0 Å². The van der Waals surface area contributed by atoms with E-state index < -0.39 is 10.3 Å². The van der Waals surface area contributed by atoms with Gasteiger partial charge in [0, 0.05) is 13.2 Å². The van der Waals surface area contributed by atoms with Crippen LogP contribution in [0.15, 0.2) is 0 Å². The highest BCUT2D eigenvalue weighted by atomic mass is 32.3. The lowest BCUT2D eigenvalue weighted by atomic mass is 9.94. The van der Waals surface area contributed by atoms with Crippen molar-refractivity contribution < 1.29 is 23.6 Å². The molecule has 0 aliphatic heterocycles. The van der Waals surface area contributed by atoms with E-state index in [0.717, 1.165) is 96.2 Å². The summed E-state index contributed by atoms with van der Waals surface area (Å²) in [5.41, 5.74) is 0. The van der Waals surface area contributed by atoms with Gasteiger partial charge in [-0.15, -0.1) is 10.3 Å². The maximum Gasteiger partial charge on any atom is 0.308 e. The number of nitrogens with zero attached hydrogens (tertiary/aromatic N) is 1. The molecule has 0 bridgehead atoms. The second-order valence-electron chi connectivity index (χ2n) is 17.2. The zero-order valence-electron chi connectivity index (χ0n) is 38.2. The monoisotopic (exact) mass is 802 g/mol. The number of hydrogen-bond acceptors (Lipinski definition) is 6. The SMILES string of the molecule is CCCCCCCCOC(CCCCCCC)OS(C)(C)CCCCCCN(CCO)CCCCCCOC(=O)C(CCCCCC)CCCCCCCC. The molecule has 6 nitrogen and oxygen atoms in total. The number of esters is 1. The first-order chi connectivity index (χ1) is 26.8. The molecule has 0 saturated heterocycles. The first-order valence-electron chi connectivity index (χ1n) is 24.3. The van der Waals surface area contributed by atoms with Crippen LogP contribution in [0.3, 0.4) is 0 Å². The summed E-state index contributed by atoms with van der Waals surface area (Å²) in [5.74, 6) is 1.30. The molecule has 0 aromatic heterocycles. The Morgan fingerprint density at radius 2 is 0.927 bits per heavy atom. The highest BCUT2D eigenvalue weighted by Gasteiger charge is 2.21. The van der Waals surface area contributed by atoms with Gasteiger partial charge in [-0.1, -0.05) is 175 Å². The van der Waals surface area contributed by atoms with Gasteiger partial charge in [-0.25, -0.2) is 0 Å². The van der Waals surface area contributed by atoms with Crippen LogP contribution >= 0.6 is 10.3 Å². The third kappa shape index (κ3) is 37.7. The van der Waals surface area contributed by atoms with Gasteiger partial charge in [0.25, 0.3) is 0 Å². The standard InChI is InChI=1S/C48H99NO5S/c1-7-11-15-19-22-29-37-46(36-28-18-14-10-4)48(51)53-44-34-26-23-31-39-49(41-42-50)40-32-24-27-35-45-55(5,6)54-47(38-30-21-17-13-9-3)52-43-33-25-20-16-12-8-2/h46-47,50H,7-45H2,1-6H3. The lowest BCUT2D eigenvalue weighted by Crippen LogP contribution is -2.29. The van der Waals surface area contributed by atoms with Gasteiger partial charge in [0.15, 0.2) is 6.29 Å². The third-order valence-corrected chi connectivity index (χ3v) is 13.3. The van der Waals surface area contributed by atoms with Crippen molar-refractivity contribution in [3.63, 3.8) is 0 Å². The van der Waals surface area contributed by atoms with Crippen LogP contribution < -0.4 is 0 Å². The summed E-state index contributed by atoms with van der Waals surface area (Å²) >= 11 is 0. The number of carbonyl (C=O) groups excluding carboxylic acids is 1. The summed E-state index contributed by atoms with van der Waals surface area (Å²) in [6, 6.07) is 0. The normalized spacial score (nSPS) is 13.5. The minimum Gasteiger partial charge on any atom is -0.465 e. The fraction of sp³-hybridized carbons (Fsp3) is 0.979. The average molecular weight is 802 g/mol. The fourth-order valence-corrected chi connectivity index (χ4v) is 9.30. The number of aliphatic hydroxyl groups is 1. The minimum atomic E-state index is -1.14. The van der Waals surface area contributed by atoms with Crippen molar-refractivity contribution in [3.05, 3.63) is 0 Å².